The maximum absolute atomic E-state index is 5.95. The summed E-state index contributed by atoms with van der Waals surface area (Å²) in [7, 11) is 2.04. The predicted molar refractivity (Wildman–Crippen MR) is 78.3 cm³/mol. The molecule has 1 rings (SSSR count). The number of thiophene rings is 1. The van der Waals surface area contributed by atoms with Crippen LogP contribution in [0.15, 0.2) is 12.1 Å². The van der Waals surface area contributed by atoms with E-state index in [4.69, 9.17) is 11.6 Å². The zero-order chi connectivity index (χ0) is 12.7. The Hall–Kier alpha value is -0.0900. The lowest BCUT2D eigenvalue weighted by molar-refractivity contribution is 0.283. The minimum atomic E-state index is 0.547. The van der Waals surface area contributed by atoms with Crippen LogP contribution in [-0.4, -0.2) is 37.6 Å². The first-order valence-corrected chi connectivity index (χ1v) is 7.52. The van der Waals surface area contributed by atoms with Gasteiger partial charge in [-0.1, -0.05) is 25.4 Å². The Bertz CT molecular complexity index is 310. The smallest absolute Gasteiger partial charge is 0.0931 e. The molecule has 1 heterocycles. The van der Waals surface area contributed by atoms with Crippen LogP contribution >= 0.6 is 22.9 Å². The van der Waals surface area contributed by atoms with Gasteiger partial charge in [0.05, 0.1) is 4.34 Å². The van der Waals surface area contributed by atoms with E-state index >= 15 is 0 Å². The highest BCUT2D eigenvalue weighted by Gasteiger charge is 2.10. The summed E-state index contributed by atoms with van der Waals surface area (Å²) in [6.07, 6.45) is 2.27. The predicted octanol–water partition coefficient (Wildman–Crippen LogP) is 3.26. The van der Waals surface area contributed by atoms with Gasteiger partial charge >= 0.3 is 0 Å². The minimum Gasteiger partial charge on any atom is -0.317 e. The molecule has 0 fully saturated rings. The van der Waals surface area contributed by atoms with E-state index in [1.165, 1.54) is 11.3 Å². The number of likely N-dealkylation sites (N-methyl/N-ethyl adjacent to an activating group) is 1. The molecule has 1 atom stereocenters. The van der Waals surface area contributed by atoms with E-state index < -0.39 is 0 Å². The molecule has 0 aromatic carbocycles. The maximum Gasteiger partial charge on any atom is 0.0931 e. The fraction of sp³-hybridized carbons (Fsp3) is 0.692. The molecule has 1 aromatic rings. The van der Waals surface area contributed by atoms with E-state index in [1.807, 2.05) is 13.1 Å². The number of rotatable bonds is 8. The van der Waals surface area contributed by atoms with Crippen molar-refractivity contribution in [3.63, 3.8) is 0 Å². The standard InChI is InChI=1S/C13H23ClN2S/c1-4-16(5-2)9-8-11(15-3)10-12-6-7-13(14)17-12/h6-7,11,15H,4-5,8-10H2,1-3H3. The maximum atomic E-state index is 5.95. The molecule has 0 saturated carbocycles. The molecule has 0 aliphatic heterocycles. The normalized spacial score (nSPS) is 13.2. The van der Waals surface area contributed by atoms with Crippen molar-refractivity contribution in [2.75, 3.05) is 26.7 Å². The van der Waals surface area contributed by atoms with Gasteiger partial charge in [0, 0.05) is 10.9 Å². The SMILES string of the molecule is CCN(CC)CCC(Cc1ccc(Cl)s1)NC. The topological polar surface area (TPSA) is 15.3 Å². The van der Waals surface area contributed by atoms with Gasteiger partial charge in [0.1, 0.15) is 0 Å². The molecule has 98 valence electrons. The van der Waals surface area contributed by atoms with Crippen molar-refractivity contribution in [3.05, 3.63) is 21.3 Å². The van der Waals surface area contributed by atoms with Crippen molar-refractivity contribution in [1.82, 2.24) is 10.2 Å². The van der Waals surface area contributed by atoms with Crippen LogP contribution in [-0.2, 0) is 6.42 Å². The number of nitrogens with one attached hydrogen (secondary N) is 1. The van der Waals surface area contributed by atoms with Gasteiger partial charge in [-0.05, 0) is 51.7 Å². The number of halogens is 1. The first kappa shape index (κ1) is 15.0. The molecule has 1 N–H and O–H groups in total. The van der Waals surface area contributed by atoms with E-state index in [9.17, 15) is 0 Å². The third kappa shape index (κ3) is 5.38. The second kappa shape index (κ2) is 8.09. The van der Waals surface area contributed by atoms with Gasteiger partial charge in [-0.2, -0.15) is 0 Å². The summed E-state index contributed by atoms with van der Waals surface area (Å²) in [5, 5.41) is 3.40. The lowest BCUT2D eigenvalue weighted by Gasteiger charge is -2.22. The van der Waals surface area contributed by atoms with Crippen LogP contribution in [0.3, 0.4) is 0 Å². The first-order valence-electron chi connectivity index (χ1n) is 6.33. The Kier molecular flexibility index (Phi) is 7.12. The van der Waals surface area contributed by atoms with E-state index in [2.05, 4.69) is 30.1 Å². The van der Waals surface area contributed by atoms with E-state index in [0.29, 0.717) is 6.04 Å². The summed E-state index contributed by atoms with van der Waals surface area (Å²) in [6, 6.07) is 4.67. The molecule has 1 unspecified atom stereocenters. The van der Waals surface area contributed by atoms with Crippen LogP contribution in [0.2, 0.25) is 4.34 Å². The Balaban J connectivity index is 2.38. The van der Waals surface area contributed by atoms with Crippen molar-refractivity contribution in [3.8, 4) is 0 Å². The number of hydrogen-bond acceptors (Lipinski definition) is 3. The molecule has 0 radical (unpaired) electrons. The van der Waals surface area contributed by atoms with Gasteiger partial charge in [0.2, 0.25) is 0 Å². The fourth-order valence-electron chi connectivity index (χ4n) is 1.93. The van der Waals surface area contributed by atoms with E-state index in [0.717, 1.165) is 30.4 Å². The highest BCUT2D eigenvalue weighted by molar-refractivity contribution is 7.16. The van der Waals surface area contributed by atoms with Crippen LogP contribution in [0, 0.1) is 0 Å². The third-order valence-electron chi connectivity index (χ3n) is 3.17. The summed E-state index contributed by atoms with van der Waals surface area (Å²) in [4.78, 5) is 3.83. The number of hydrogen-bond donors (Lipinski definition) is 1. The Morgan fingerprint density at radius 1 is 1.35 bits per heavy atom. The summed E-state index contributed by atoms with van der Waals surface area (Å²) in [5.41, 5.74) is 0. The molecule has 0 spiro atoms. The second-order valence-corrected chi connectivity index (χ2v) is 6.01. The fourth-order valence-corrected chi connectivity index (χ4v) is 3.10. The summed E-state index contributed by atoms with van der Waals surface area (Å²) >= 11 is 7.64. The summed E-state index contributed by atoms with van der Waals surface area (Å²) in [6.45, 7) is 7.88. The molecule has 1 aromatic heterocycles. The lowest BCUT2D eigenvalue weighted by atomic mass is 10.1. The average molecular weight is 275 g/mol. The van der Waals surface area contributed by atoms with Crippen LogP contribution < -0.4 is 5.32 Å². The first-order chi connectivity index (χ1) is 8.19. The zero-order valence-corrected chi connectivity index (χ0v) is 12.6. The molecule has 0 saturated heterocycles. The van der Waals surface area contributed by atoms with Crippen LogP contribution in [0.4, 0.5) is 0 Å². The van der Waals surface area contributed by atoms with Gasteiger partial charge in [-0.25, -0.2) is 0 Å². The second-order valence-electron chi connectivity index (χ2n) is 4.21. The summed E-state index contributed by atoms with van der Waals surface area (Å²) < 4.78 is 0.888. The highest BCUT2D eigenvalue weighted by atomic mass is 35.5. The zero-order valence-electron chi connectivity index (χ0n) is 11.0. The largest absolute Gasteiger partial charge is 0.317 e. The molecule has 17 heavy (non-hydrogen) atoms. The van der Waals surface area contributed by atoms with Gasteiger partial charge in [0.15, 0.2) is 0 Å². The van der Waals surface area contributed by atoms with Gasteiger partial charge in [0.25, 0.3) is 0 Å². The minimum absolute atomic E-state index is 0.547. The Morgan fingerprint density at radius 2 is 2.06 bits per heavy atom. The third-order valence-corrected chi connectivity index (χ3v) is 4.43. The van der Waals surface area contributed by atoms with Crippen LogP contribution in [0.25, 0.3) is 0 Å². The quantitative estimate of drug-likeness (QED) is 0.783. The average Bonchev–Trinajstić information content (AvgIpc) is 2.74. The van der Waals surface area contributed by atoms with Gasteiger partial charge < -0.3 is 10.2 Å². The molecular formula is C13H23ClN2S. The van der Waals surface area contributed by atoms with Crippen molar-refractivity contribution < 1.29 is 0 Å². The van der Waals surface area contributed by atoms with Crippen LogP contribution in [0.5, 0.6) is 0 Å². The van der Waals surface area contributed by atoms with Crippen molar-refractivity contribution in [2.45, 2.75) is 32.7 Å². The highest BCUT2D eigenvalue weighted by Crippen LogP contribution is 2.23. The molecule has 0 aliphatic carbocycles. The number of nitrogens with zero attached hydrogens (tertiary/aromatic N) is 1. The Morgan fingerprint density at radius 3 is 2.53 bits per heavy atom. The lowest BCUT2D eigenvalue weighted by Crippen LogP contribution is -2.33. The molecule has 4 heteroatoms. The van der Waals surface area contributed by atoms with Crippen molar-refractivity contribution in [1.29, 1.82) is 0 Å². The van der Waals surface area contributed by atoms with Gasteiger partial charge in [-0.15, -0.1) is 11.3 Å². The van der Waals surface area contributed by atoms with E-state index in [1.54, 1.807) is 11.3 Å². The van der Waals surface area contributed by atoms with Gasteiger partial charge in [-0.3, -0.25) is 0 Å². The Labute approximate surface area is 114 Å². The molecule has 0 amide bonds. The molecule has 2 nitrogen and oxygen atoms in total. The monoisotopic (exact) mass is 274 g/mol. The molecular weight excluding hydrogens is 252 g/mol. The van der Waals surface area contributed by atoms with Crippen molar-refractivity contribution >= 4 is 22.9 Å². The molecule has 0 aliphatic rings. The molecule has 0 bridgehead atoms. The van der Waals surface area contributed by atoms with Crippen LogP contribution in [0.1, 0.15) is 25.1 Å². The summed E-state index contributed by atoms with van der Waals surface area (Å²) in [5.74, 6) is 0. The van der Waals surface area contributed by atoms with Crippen molar-refractivity contribution in [2.24, 2.45) is 0 Å². The van der Waals surface area contributed by atoms with E-state index in [-0.39, 0.29) is 0 Å².